The molecule has 0 bridgehead atoms. The topological polar surface area (TPSA) is 35.2 Å². The average molecular weight is 211 g/mol. The van der Waals surface area contributed by atoms with Crippen LogP contribution >= 0.6 is 0 Å². The van der Waals surface area contributed by atoms with E-state index in [-0.39, 0.29) is 11.6 Å². The predicted molar refractivity (Wildman–Crippen MR) is 64.8 cm³/mol. The lowest BCUT2D eigenvalue weighted by atomic mass is 9.87. The highest BCUT2D eigenvalue weighted by molar-refractivity contribution is 5.04. The summed E-state index contributed by atoms with van der Waals surface area (Å²) >= 11 is 0. The highest BCUT2D eigenvalue weighted by atomic mass is 16.5. The molecule has 2 heteroatoms. The van der Waals surface area contributed by atoms with E-state index in [2.05, 4.69) is 20.4 Å². The Balaban J connectivity index is 2.58. The second kappa shape index (κ2) is 5.66. The Morgan fingerprint density at radius 3 is 2.47 bits per heavy atom. The third kappa shape index (κ3) is 3.05. The lowest BCUT2D eigenvalue weighted by molar-refractivity contribution is -0.0525. The molecule has 0 amide bonds. The first-order chi connectivity index (χ1) is 7.14. The van der Waals surface area contributed by atoms with Crippen LogP contribution in [0.3, 0.4) is 0 Å². The van der Waals surface area contributed by atoms with Gasteiger partial charge in [-0.25, -0.2) is 0 Å². The second-order valence-electron chi connectivity index (χ2n) is 4.62. The molecule has 1 fully saturated rings. The molecule has 15 heavy (non-hydrogen) atoms. The van der Waals surface area contributed by atoms with Crippen molar-refractivity contribution in [1.29, 1.82) is 0 Å². The van der Waals surface area contributed by atoms with E-state index in [1.807, 2.05) is 0 Å². The molecule has 88 valence electrons. The normalized spacial score (nSPS) is 21.5. The van der Waals surface area contributed by atoms with Crippen LogP contribution in [0.4, 0.5) is 0 Å². The van der Waals surface area contributed by atoms with Gasteiger partial charge in [0.25, 0.3) is 0 Å². The Morgan fingerprint density at radius 1 is 1.40 bits per heavy atom. The predicted octanol–water partition coefficient (Wildman–Crippen LogP) is 3.02. The molecule has 1 aliphatic rings. The minimum Gasteiger partial charge on any atom is -0.374 e. The van der Waals surface area contributed by atoms with E-state index in [0.29, 0.717) is 0 Å². The first-order valence-electron chi connectivity index (χ1n) is 6.21. The van der Waals surface area contributed by atoms with Crippen molar-refractivity contribution in [3.63, 3.8) is 0 Å². The average Bonchev–Trinajstić information content (AvgIpc) is 2.68. The van der Waals surface area contributed by atoms with Crippen molar-refractivity contribution in [2.45, 2.75) is 64.0 Å². The van der Waals surface area contributed by atoms with E-state index >= 15 is 0 Å². The zero-order chi connectivity index (χ0) is 11.3. The van der Waals surface area contributed by atoms with Crippen LogP contribution in [0, 0.1) is 0 Å². The smallest absolute Gasteiger partial charge is 0.0835 e. The molecule has 0 spiro atoms. The Kier molecular flexibility index (Phi) is 4.81. The minimum absolute atomic E-state index is 0.0487. The molecular formula is C13H25NO. The number of hydrogen-bond donors (Lipinski definition) is 1. The van der Waals surface area contributed by atoms with E-state index in [9.17, 15) is 0 Å². The molecule has 1 unspecified atom stereocenters. The van der Waals surface area contributed by atoms with Gasteiger partial charge >= 0.3 is 0 Å². The maximum Gasteiger partial charge on any atom is 0.0835 e. The van der Waals surface area contributed by atoms with Gasteiger partial charge in [-0.1, -0.05) is 31.9 Å². The van der Waals surface area contributed by atoms with Crippen LogP contribution in [0.15, 0.2) is 12.2 Å². The quantitative estimate of drug-likeness (QED) is 0.685. The lowest BCUT2D eigenvalue weighted by Crippen LogP contribution is -2.48. The summed E-state index contributed by atoms with van der Waals surface area (Å²) in [6.07, 6.45) is 6.70. The summed E-state index contributed by atoms with van der Waals surface area (Å²) in [5, 5.41) is 0. The largest absolute Gasteiger partial charge is 0.374 e. The van der Waals surface area contributed by atoms with Crippen LogP contribution in [0.5, 0.6) is 0 Å². The van der Waals surface area contributed by atoms with E-state index in [1.165, 1.54) is 18.4 Å². The second-order valence-corrected chi connectivity index (χ2v) is 4.62. The Labute approximate surface area is 93.9 Å². The zero-order valence-electron chi connectivity index (χ0n) is 10.2. The van der Waals surface area contributed by atoms with E-state index < -0.39 is 0 Å². The van der Waals surface area contributed by atoms with Crippen LogP contribution in [0.25, 0.3) is 0 Å². The van der Waals surface area contributed by atoms with Crippen molar-refractivity contribution in [2.24, 2.45) is 5.73 Å². The molecule has 2 nitrogen and oxygen atoms in total. The van der Waals surface area contributed by atoms with E-state index in [1.54, 1.807) is 0 Å². The van der Waals surface area contributed by atoms with Gasteiger partial charge in [0.05, 0.1) is 5.60 Å². The molecule has 0 heterocycles. The Bertz CT molecular complexity index is 207. The monoisotopic (exact) mass is 211 g/mol. The summed E-state index contributed by atoms with van der Waals surface area (Å²) in [7, 11) is 0. The molecule has 0 saturated heterocycles. The fraction of sp³-hybridized carbons (Fsp3) is 0.846. The van der Waals surface area contributed by atoms with Crippen molar-refractivity contribution in [1.82, 2.24) is 0 Å². The van der Waals surface area contributed by atoms with Gasteiger partial charge < -0.3 is 10.5 Å². The van der Waals surface area contributed by atoms with Gasteiger partial charge in [0.1, 0.15) is 0 Å². The van der Waals surface area contributed by atoms with E-state index in [0.717, 1.165) is 32.3 Å². The molecule has 0 aromatic heterocycles. The summed E-state index contributed by atoms with van der Waals surface area (Å²) in [4.78, 5) is 0. The van der Waals surface area contributed by atoms with Gasteiger partial charge in [-0.15, -0.1) is 0 Å². The van der Waals surface area contributed by atoms with E-state index in [4.69, 9.17) is 10.5 Å². The summed E-state index contributed by atoms with van der Waals surface area (Å²) in [6, 6.07) is 0.132. The fourth-order valence-corrected chi connectivity index (χ4v) is 2.52. The summed E-state index contributed by atoms with van der Waals surface area (Å²) in [6.45, 7) is 9.00. The molecule has 1 aliphatic carbocycles. The molecule has 0 aromatic carbocycles. The molecule has 2 N–H and O–H groups in total. The van der Waals surface area contributed by atoms with Gasteiger partial charge in [0.2, 0.25) is 0 Å². The van der Waals surface area contributed by atoms with Crippen molar-refractivity contribution in [3.05, 3.63) is 12.2 Å². The Hall–Kier alpha value is -0.340. The summed E-state index contributed by atoms with van der Waals surface area (Å²) in [5.74, 6) is 0. The fourth-order valence-electron chi connectivity index (χ4n) is 2.52. The van der Waals surface area contributed by atoms with Gasteiger partial charge in [-0.3, -0.25) is 0 Å². The summed E-state index contributed by atoms with van der Waals surface area (Å²) < 4.78 is 5.93. The molecule has 1 atom stereocenters. The van der Waals surface area contributed by atoms with Gasteiger partial charge in [-0.05, 0) is 32.6 Å². The molecule has 1 saturated carbocycles. The van der Waals surface area contributed by atoms with Crippen LogP contribution in [0.1, 0.15) is 52.4 Å². The molecule has 0 aromatic rings. The van der Waals surface area contributed by atoms with Crippen molar-refractivity contribution >= 4 is 0 Å². The number of hydrogen-bond acceptors (Lipinski definition) is 2. The van der Waals surface area contributed by atoms with Gasteiger partial charge in [0, 0.05) is 12.6 Å². The van der Waals surface area contributed by atoms with Gasteiger partial charge in [0.15, 0.2) is 0 Å². The number of rotatable bonds is 6. The highest BCUT2D eigenvalue weighted by Gasteiger charge is 2.40. The first kappa shape index (κ1) is 12.7. The van der Waals surface area contributed by atoms with Crippen LogP contribution in [0.2, 0.25) is 0 Å². The standard InChI is InChI=1S/C13H25NO/c1-4-11(3)10-12(14)13(15-5-2)8-6-7-9-13/h12H,3-10,14H2,1-2H3. The zero-order valence-corrected chi connectivity index (χ0v) is 10.2. The number of nitrogens with two attached hydrogens (primary N) is 1. The highest BCUT2D eigenvalue weighted by Crippen LogP contribution is 2.37. The molecule has 1 rings (SSSR count). The molecule has 0 aliphatic heterocycles. The maximum atomic E-state index is 6.29. The van der Waals surface area contributed by atoms with Crippen molar-refractivity contribution in [3.8, 4) is 0 Å². The SMILES string of the molecule is C=C(CC)CC(N)C1(OCC)CCCC1. The van der Waals surface area contributed by atoms with Gasteiger partial charge in [-0.2, -0.15) is 0 Å². The summed E-state index contributed by atoms with van der Waals surface area (Å²) in [5.41, 5.74) is 7.49. The van der Waals surface area contributed by atoms with Crippen molar-refractivity contribution < 1.29 is 4.74 Å². The van der Waals surface area contributed by atoms with Crippen LogP contribution in [-0.4, -0.2) is 18.2 Å². The van der Waals surface area contributed by atoms with Crippen molar-refractivity contribution in [2.75, 3.05) is 6.61 Å². The first-order valence-corrected chi connectivity index (χ1v) is 6.21. The maximum absolute atomic E-state index is 6.29. The molecule has 0 radical (unpaired) electrons. The Morgan fingerprint density at radius 2 is 2.00 bits per heavy atom. The van der Waals surface area contributed by atoms with Crippen LogP contribution in [-0.2, 0) is 4.74 Å². The lowest BCUT2D eigenvalue weighted by Gasteiger charge is -2.35. The third-order valence-corrected chi connectivity index (χ3v) is 3.57. The molecular weight excluding hydrogens is 186 g/mol. The third-order valence-electron chi connectivity index (χ3n) is 3.57. The number of ether oxygens (including phenoxy) is 1. The minimum atomic E-state index is -0.0487. The van der Waals surface area contributed by atoms with Crippen LogP contribution < -0.4 is 5.73 Å².